The normalized spacial score (nSPS) is 20.0. The van der Waals surface area contributed by atoms with Crippen LogP contribution in [-0.2, 0) is 18.3 Å². The maximum absolute atomic E-state index is 12.1. The van der Waals surface area contributed by atoms with Crippen LogP contribution in [0.15, 0.2) is 24.8 Å². The van der Waals surface area contributed by atoms with E-state index in [4.69, 9.17) is 0 Å². The lowest BCUT2D eigenvalue weighted by atomic mass is 10.0. The average molecular weight is 344 g/mol. The van der Waals surface area contributed by atoms with Crippen LogP contribution in [0.25, 0.3) is 0 Å². The molecule has 8 heteroatoms. The number of anilines is 1. The minimum Gasteiger partial charge on any atom is -0.386 e. The Bertz CT molecular complexity index is 732. The predicted octanol–water partition coefficient (Wildman–Crippen LogP) is 0.209. The third-order valence-electron chi connectivity index (χ3n) is 4.78. The zero-order valence-corrected chi connectivity index (χ0v) is 14.6. The molecule has 1 fully saturated rings. The summed E-state index contributed by atoms with van der Waals surface area (Å²) in [7, 11) is 1.89. The highest BCUT2D eigenvalue weighted by Gasteiger charge is 2.36. The Morgan fingerprint density at radius 3 is 2.92 bits per heavy atom. The third-order valence-corrected chi connectivity index (χ3v) is 4.78. The summed E-state index contributed by atoms with van der Waals surface area (Å²) in [6.07, 6.45) is 8.36. The molecule has 3 heterocycles. The molecule has 1 amide bonds. The molecule has 1 aliphatic rings. The molecule has 0 saturated carbocycles. The van der Waals surface area contributed by atoms with E-state index in [0.717, 1.165) is 17.1 Å². The Hall–Kier alpha value is -2.48. The lowest BCUT2D eigenvalue weighted by Crippen LogP contribution is -2.45. The number of aryl methyl sites for hydroxylation is 2. The quantitative estimate of drug-likeness (QED) is 0.778. The molecule has 3 rings (SSSR count). The lowest BCUT2D eigenvalue weighted by Gasteiger charge is -2.24. The van der Waals surface area contributed by atoms with Gasteiger partial charge in [-0.2, -0.15) is 5.10 Å². The van der Waals surface area contributed by atoms with E-state index >= 15 is 0 Å². The number of amides is 1. The second-order valence-electron chi connectivity index (χ2n) is 6.62. The third kappa shape index (κ3) is 4.14. The van der Waals surface area contributed by atoms with Crippen molar-refractivity contribution < 1.29 is 9.90 Å². The number of β-amino-alcohol motifs (C(OH)–C–C–N with tert-alkyl or cyclic N) is 1. The maximum Gasteiger partial charge on any atom is 0.220 e. The van der Waals surface area contributed by atoms with E-state index in [1.54, 1.807) is 29.5 Å². The van der Waals surface area contributed by atoms with Gasteiger partial charge in [0.05, 0.1) is 12.4 Å². The number of aliphatic hydroxyl groups is 1. The number of aromatic nitrogens is 4. The van der Waals surface area contributed by atoms with E-state index in [1.165, 1.54) is 0 Å². The van der Waals surface area contributed by atoms with Crippen LogP contribution < -0.4 is 10.2 Å². The van der Waals surface area contributed by atoms with Crippen LogP contribution in [0.2, 0.25) is 0 Å². The highest BCUT2D eigenvalue weighted by atomic mass is 16.3. The smallest absolute Gasteiger partial charge is 0.220 e. The number of rotatable bonds is 6. The van der Waals surface area contributed by atoms with E-state index in [9.17, 15) is 9.90 Å². The molecule has 0 bridgehead atoms. The van der Waals surface area contributed by atoms with E-state index < -0.39 is 5.60 Å². The van der Waals surface area contributed by atoms with E-state index in [-0.39, 0.29) is 12.5 Å². The van der Waals surface area contributed by atoms with Crippen molar-refractivity contribution in [2.45, 2.75) is 31.8 Å². The molecular formula is C17H24N6O2. The van der Waals surface area contributed by atoms with Crippen LogP contribution in [0.3, 0.4) is 0 Å². The second-order valence-corrected chi connectivity index (χ2v) is 6.62. The summed E-state index contributed by atoms with van der Waals surface area (Å²) in [5.74, 6) is 0.687. The van der Waals surface area contributed by atoms with E-state index in [2.05, 4.69) is 20.4 Å². The molecule has 0 radical (unpaired) electrons. The van der Waals surface area contributed by atoms with Gasteiger partial charge in [-0.15, -0.1) is 0 Å². The lowest BCUT2D eigenvalue weighted by molar-refractivity contribution is -0.122. The van der Waals surface area contributed by atoms with Gasteiger partial charge >= 0.3 is 0 Å². The minimum atomic E-state index is -0.933. The molecule has 1 atom stereocenters. The van der Waals surface area contributed by atoms with Gasteiger partial charge in [-0.05, 0) is 25.3 Å². The Kier molecular flexibility index (Phi) is 4.98. The highest BCUT2D eigenvalue weighted by molar-refractivity contribution is 5.76. The number of carbonyl (C=O) groups is 1. The van der Waals surface area contributed by atoms with Crippen molar-refractivity contribution in [1.29, 1.82) is 0 Å². The average Bonchev–Trinajstić information content (AvgIpc) is 3.16. The Morgan fingerprint density at radius 2 is 2.24 bits per heavy atom. The van der Waals surface area contributed by atoms with Gasteiger partial charge < -0.3 is 15.3 Å². The van der Waals surface area contributed by atoms with Gasteiger partial charge in [0, 0.05) is 51.2 Å². The first-order valence-corrected chi connectivity index (χ1v) is 8.44. The molecule has 0 aromatic carbocycles. The van der Waals surface area contributed by atoms with Crippen molar-refractivity contribution in [2.75, 3.05) is 24.5 Å². The molecule has 2 aromatic heterocycles. The van der Waals surface area contributed by atoms with Crippen molar-refractivity contribution >= 4 is 11.7 Å². The molecule has 0 unspecified atom stereocenters. The Morgan fingerprint density at radius 1 is 1.40 bits per heavy atom. The molecule has 1 aliphatic heterocycles. The van der Waals surface area contributed by atoms with Crippen LogP contribution >= 0.6 is 0 Å². The first-order chi connectivity index (χ1) is 12.0. The van der Waals surface area contributed by atoms with Crippen LogP contribution in [-0.4, -0.2) is 56.0 Å². The van der Waals surface area contributed by atoms with Crippen LogP contribution in [0.1, 0.15) is 24.1 Å². The largest absolute Gasteiger partial charge is 0.386 e. The van der Waals surface area contributed by atoms with Crippen LogP contribution in [0.5, 0.6) is 0 Å². The fourth-order valence-electron chi connectivity index (χ4n) is 3.04. The van der Waals surface area contributed by atoms with Crippen molar-refractivity contribution in [3.05, 3.63) is 36.0 Å². The number of nitrogens with one attached hydrogen (secondary N) is 1. The maximum atomic E-state index is 12.1. The summed E-state index contributed by atoms with van der Waals surface area (Å²) < 4.78 is 1.80. The predicted molar refractivity (Wildman–Crippen MR) is 93.1 cm³/mol. The topological polar surface area (TPSA) is 96.2 Å². The van der Waals surface area contributed by atoms with Crippen LogP contribution in [0.4, 0.5) is 5.82 Å². The van der Waals surface area contributed by atoms with Crippen molar-refractivity contribution in [3.63, 3.8) is 0 Å². The van der Waals surface area contributed by atoms with E-state index in [0.29, 0.717) is 32.4 Å². The SMILES string of the molecule is Cc1c(CCC(=O)NC[C@@]2(O)CCN(c3cnccn3)C2)cnn1C. The summed E-state index contributed by atoms with van der Waals surface area (Å²) in [6, 6.07) is 0. The number of hydrogen-bond donors (Lipinski definition) is 2. The molecule has 0 aliphatic carbocycles. The first kappa shape index (κ1) is 17.3. The van der Waals surface area contributed by atoms with Crippen LogP contribution in [0, 0.1) is 6.92 Å². The standard InChI is InChI=1S/C17H24N6O2/c1-13-14(9-21-22(13)2)3-4-16(24)20-11-17(25)5-8-23(12-17)15-10-18-6-7-19-15/h6-7,9-10,25H,3-5,8,11-12H2,1-2H3,(H,20,24)/t17-/m0/s1. The molecule has 0 spiro atoms. The summed E-state index contributed by atoms with van der Waals surface area (Å²) >= 11 is 0. The fourth-order valence-corrected chi connectivity index (χ4v) is 3.04. The fraction of sp³-hybridized carbons (Fsp3) is 0.529. The van der Waals surface area contributed by atoms with Gasteiger partial charge in [0.15, 0.2) is 0 Å². The van der Waals surface area contributed by atoms with Gasteiger partial charge in [-0.3, -0.25) is 14.5 Å². The van der Waals surface area contributed by atoms with Gasteiger partial charge in [0.2, 0.25) is 5.91 Å². The van der Waals surface area contributed by atoms with Gasteiger partial charge in [0.25, 0.3) is 0 Å². The van der Waals surface area contributed by atoms with Gasteiger partial charge in [0.1, 0.15) is 11.4 Å². The number of nitrogens with zero attached hydrogens (tertiary/aromatic N) is 5. The summed E-state index contributed by atoms with van der Waals surface area (Å²) in [4.78, 5) is 22.4. The summed E-state index contributed by atoms with van der Waals surface area (Å²) in [5.41, 5.74) is 1.21. The summed E-state index contributed by atoms with van der Waals surface area (Å²) in [5, 5.41) is 17.7. The number of hydrogen-bond acceptors (Lipinski definition) is 6. The summed E-state index contributed by atoms with van der Waals surface area (Å²) in [6.45, 7) is 3.37. The molecule has 134 valence electrons. The van der Waals surface area contributed by atoms with Crippen molar-refractivity contribution in [2.24, 2.45) is 7.05 Å². The van der Waals surface area contributed by atoms with Gasteiger partial charge in [-0.25, -0.2) is 4.98 Å². The highest BCUT2D eigenvalue weighted by Crippen LogP contribution is 2.24. The second kappa shape index (κ2) is 7.18. The van der Waals surface area contributed by atoms with Crippen molar-refractivity contribution in [1.82, 2.24) is 25.1 Å². The van der Waals surface area contributed by atoms with Crippen molar-refractivity contribution in [3.8, 4) is 0 Å². The minimum absolute atomic E-state index is 0.0605. The molecule has 8 nitrogen and oxygen atoms in total. The zero-order valence-electron chi connectivity index (χ0n) is 14.6. The first-order valence-electron chi connectivity index (χ1n) is 8.44. The molecular weight excluding hydrogens is 320 g/mol. The zero-order chi connectivity index (χ0) is 17.9. The monoisotopic (exact) mass is 344 g/mol. The Balaban J connectivity index is 1.46. The molecule has 25 heavy (non-hydrogen) atoms. The van der Waals surface area contributed by atoms with Gasteiger partial charge in [-0.1, -0.05) is 0 Å². The Labute approximate surface area is 146 Å². The van der Waals surface area contributed by atoms with E-state index in [1.807, 2.05) is 18.9 Å². The number of carbonyl (C=O) groups excluding carboxylic acids is 1. The molecule has 2 aromatic rings. The molecule has 1 saturated heterocycles. The molecule has 2 N–H and O–H groups in total.